The standard InChI is InChI=1S/C24H27BrN2O3/c1-24(2,3)16-8-6-15(7-9-16)19(27(4)5)14-26-23(29)22-13-20(28)18-11-10-17(25)12-21(18)30-22/h6-13,19H,14H2,1-5H3,(H,26,29)/t19-/m0/s1. The monoisotopic (exact) mass is 470 g/mol. The Bertz CT molecular complexity index is 1110. The summed E-state index contributed by atoms with van der Waals surface area (Å²) in [5.74, 6) is -0.404. The maximum Gasteiger partial charge on any atom is 0.287 e. The second-order valence-corrected chi connectivity index (χ2v) is 9.59. The van der Waals surface area contributed by atoms with Crippen LogP contribution >= 0.6 is 15.9 Å². The number of benzene rings is 2. The highest BCUT2D eigenvalue weighted by molar-refractivity contribution is 9.10. The number of hydrogen-bond acceptors (Lipinski definition) is 4. The van der Waals surface area contributed by atoms with Gasteiger partial charge in [0.2, 0.25) is 0 Å². The summed E-state index contributed by atoms with van der Waals surface area (Å²) in [6.07, 6.45) is 0. The number of likely N-dealkylation sites (N-methyl/N-ethyl adjacent to an activating group) is 1. The molecule has 1 aromatic heterocycles. The third kappa shape index (κ3) is 4.99. The number of carbonyl (C=O) groups excluding carboxylic acids is 1. The minimum Gasteiger partial charge on any atom is -0.451 e. The van der Waals surface area contributed by atoms with Crippen LogP contribution in [0.5, 0.6) is 0 Å². The number of carbonyl (C=O) groups is 1. The average Bonchev–Trinajstić information content (AvgIpc) is 2.67. The SMILES string of the molecule is CN(C)[C@@H](CNC(=O)c1cc(=O)c2ccc(Br)cc2o1)c1ccc(C(C)(C)C)cc1. The number of nitrogens with zero attached hydrogens (tertiary/aromatic N) is 1. The van der Waals surface area contributed by atoms with Gasteiger partial charge in [-0.15, -0.1) is 0 Å². The number of hydrogen-bond donors (Lipinski definition) is 1. The molecule has 30 heavy (non-hydrogen) atoms. The molecule has 1 N–H and O–H groups in total. The molecule has 0 aliphatic rings. The van der Waals surface area contributed by atoms with Crippen LogP contribution in [0.4, 0.5) is 0 Å². The van der Waals surface area contributed by atoms with E-state index in [-0.39, 0.29) is 22.6 Å². The summed E-state index contributed by atoms with van der Waals surface area (Å²) in [5, 5.41) is 3.35. The lowest BCUT2D eigenvalue weighted by Gasteiger charge is -2.26. The zero-order valence-electron chi connectivity index (χ0n) is 18.0. The molecule has 2 aromatic carbocycles. The Hall–Kier alpha value is -2.44. The van der Waals surface area contributed by atoms with Crippen molar-refractivity contribution in [3.8, 4) is 0 Å². The molecule has 0 bridgehead atoms. The van der Waals surface area contributed by atoms with Crippen LogP contribution < -0.4 is 10.7 Å². The lowest BCUT2D eigenvalue weighted by Crippen LogP contribution is -2.34. The van der Waals surface area contributed by atoms with Crippen molar-refractivity contribution in [1.82, 2.24) is 10.2 Å². The molecule has 3 aromatic rings. The van der Waals surface area contributed by atoms with Crippen molar-refractivity contribution in [2.24, 2.45) is 0 Å². The van der Waals surface area contributed by atoms with Crippen LogP contribution in [0.25, 0.3) is 11.0 Å². The summed E-state index contributed by atoms with van der Waals surface area (Å²) in [6, 6.07) is 14.8. The number of nitrogens with one attached hydrogen (secondary N) is 1. The van der Waals surface area contributed by atoms with Crippen molar-refractivity contribution < 1.29 is 9.21 Å². The van der Waals surface area contributed by atoms with Crippen LogP contribution in [0.15, 0.2) is 62.2 Å². The normalized spacial score (nSPS) is 12.9. The van der Waals surface area contributed by atoms with Crippen LogP contribution in [0.3, 0.4) is 0 Å². The molecule has 0 saturated carbocycles. The van der Waals surface area contributed by atoms with E-state index in [9.17, 15) is 9.59 Å². The Morgan fingerprint density at radius 1 is 1.10 bits per heavy atom. The smallest absolute Gasteiger partial charge is 0.287 e. The first kappa shape index (κ1) is 22.2. The highest BCUT2D eigenvalue weighted by Crippen LogP contribution is 2.25. The molecule has 5 nitrogen and oxygen atoms in total. The van der Waals surface area contributed by atoms with Crippen molar-refractivity contribution >= 4 is 32.8 Å². The van der Waals surface area contributed by atoms with Crippen molar-refractivity contribution in [2.45, 2.75) is 32.2 Å². The minimum atomic E-state index is -0.410. The van der Waals surface area contributed by atoms with Gasteiger partial charge in [-0.2, -0.15) is 0 Å². The molecule has 0 aliphatic carbocycles. The summed E-state index contributed by atoms with van der Waals surface area (Å²) in [5.41, 5.74) is 2.59. The predicted octanol–water partition coefficient (Wildman–Crippen LogP) is 4.89. The van der Waals surface area contributed by atoms with Gasteiger partial charge in [-0.3, -0.25) is 9.59 Å². The molecule has 0 spiro atoms. The van der Waals surface area contributed by atoms with Gasteiger partial charge >= 0.3 is 0 Å². The molecule has 1 heterocycles. The first-order valence-electron chi connectivity index (χ1n) is 9.85. The third-order valence-corrected chi connectivity index (χ3v) is 5.65. The fourth-order valence-corrected chi connectivity index (χ4v) is 3.66. The van der Waals surface area contributed by atoms with Crippen molar-refractivity contribution in [1.29, 1.82) is 0 Å². The van der Waals surface area contributed by atoms with E-state index in [4.69, 9.17) is 4.42 Å². The van der Waals surface area contributed by atoms with E-state index >= 15 is 0 Å². The van der Waals surface area contributed by atoms with E-state index in [0.29, 0.717) is 17.5 Å². The van der Waals surface area contributed by atoms with Gasteiger partial charge in [0.05, 0.1) is 11.4 Å². The van der Waals surface area contributed by atoms with E-state index in [2.05, 4.69) is 71.2 Å². The second-order valence-electron chi connectivity index (χ2n) is 8.68. The lowest BCUT2D eigenvalue weighted by atomic mass is 9.86. The highest BCUT2D eigenvalue weighted by Gasteiger charge is 2.19. The maximum atomic E-state index is 12.7. The summed E-state index contributed by atoms with van der Waals surface area (Å²) >= 11 is 3.36. The molecule has 1 amide bonds. The van der Waals surface area contributed by atoms with Crippen molar-refractivity contribution in [2.75, 3.05) is 20.6 Å². The van der Waals surface area contributed by atoms with E-state index in [0.717, 1.165) is 10.0 Å². The molecule has 0 radical (unpaired) electrons. The van der Waals surface area contributed by atoms with E-state index in [1.165, 1.54) is 11.6 Å². The fourth-order valence-electron chi connectivity index (χ4n) is 3.32. The Kier molecular flexibility index (Phi) is 6.48. The quantitative estimate of drug-likeness (QED) is 0.576. The number of halogens is 1. The third-order valence-electron chi connectivity index (χ3n) is 5.16. The van der Waals surface area contributed by atoms with Gasteiger partial charge in [0.1, 0.15) is 5.58 Å². The van der Waals surface area contributed by atoms with Crippen LogP contribution in [0, 0.1) is 0 Å². The molecular weight excluding hydrogens is 444 g/mol. The maximum absolute atomic E-state index is 12.7. The Morgan fingerprint density at radius 3 is 2.37 bits per heavy atom. The van der Waals surface area contributed by atoms with Gasteiger partial charge in [0.15, 0.2) is 11.2 Å². The molecule has 0 fully saturated rings. The summed E-state index contributed by atoms with van der Waals surface area (Å²) in [6.45, 7) is 6.94. The molecular formula is C24H27BrN2O3. The van der Waals surface area contributed by atoms with Crippen LogP contribution in [-0.4, -0.2) is 31.4 Å². The first-order valence-corrected chi connectivity index (χ1v) is 10.6. The van der Waals surface area contributed by atoms with Gasteiger partial charge in [0, 0.05) is 17.1 Å². The predicted molar refractivity (Wildman–Crippen MR) is 124 cm³/mol. The topological polar surface area (TPSA) is 62.6 Å². The Labute approximate surface area is 185 Å². The van der Waals surface area contributed by atoms with Crippen LogP contribution in [-0.2, 0) is 5.41 Å². The van der Waals surface area contributed by atoms with Gasteiger partial charge in [-0.1, -0.05) is 61.0 Å². The van der Waals surface area contributed by atoms with E-state index < -0.39 is 5.91 Å². The van der Waals surface area contributed by atoms with Gasteiger partial charge < -0.3 is 14.6 Å². The fraction of sp³-hybridized carbons (Fsp3) is 0.333. The zero-order valence-corrected chi connectivity index (χ0v) is 19.5. The largest absolute Gasteiger partial charge is 0.451 e. The first-order chi connectivity index (χ1) is 14.1. The average molecular weight is 471 g/mol. The Morgan fingerprint density at radius 2 is 1.77 bits per heavy atom. The Balaban J connectivity index is 1.79. The van der Waals surface area contributed by atoms with E-state index in [1.54, 1.807) is 18.2 Å². The summed E-state index contributed by atoms with van der Waals surface area (Å²) in [4.78, 5) is 27.1. The van der Waals surface area contributed by atoms with Crippen LogP contribution in [0.2, 0.25) is 0 Å². The zero-order chi connectivity index (χ0) is 22.1. The van der Waals surface area contributed by atoms with Gasteiger partial charge in [0.25, 0.3) is 5.91 Å². The molecule has 3 rings (SSSR count). The van der Waals surface area contributed by atoms with Gasteiger partial charge in [-0.25, -0.2) is 0 Å². The molecule has 0 unspecified atom stereocenters. The van der Waals surface area contributed by atoms with Gasteiger partial charge in [-0.05, 0) is 48.8 Å². The highest BCUT2D eigenvalue weighted by atomic mass is 79.9. The molecule has 1 atom stereocenters. The molecule has 158 valence electrons. The van der Waals surface area contributed by atoms with Crippen molar-refractivity contribution in [3.05, 3.63) is 80.1 Å². The number of fused-ring (bicyclic) bond motifs is 1. The molecule has 0 saturated heterocycles. The lowest BCUT2D eigenvalue weighted by molar-refractivity contribution is 0.0914. The number of rotatable bonds is 5. The number of amides is 1. The molecule has 6 heteroatoms. The van der Waals surface area contributed by atoms with Crippen molar-refractivity contribution in [3.63, 3.8) is 0 Å². The summed E-state index contributed by atoms with van der Waals surface area (Å²) in [7, 11) is 3.95. The minimum absolute atomic E-state index is 0.00573. The second kappa shape index (κ2) is 8.74. The molecule has 0 aliphatic heterocycles. The van der Waals surface area contributed by atoms with E-state index in [1.807, 2.05) is 14.1 Å². The van der Waals surface area contributed by atoms with Crippen LogP contribution in [0.1, 0.15) is 48.5 Å². The summed E-state index contributed by atoms with van der Waals surface area (Å²) < 4.78 is 6.46.